The van der Waals surface area contributed by atoms with Gasteiger partial charge in [0.15, 0.2) is 5.82 Å². The third-order valence-electron chi connectivity index (χ3n) is 4.52. The molecular formula is C18H25N5O3S. The number of hydrogen-bond acceptors (Lipinski definition) is 7. The fourth-order valence-corrected chi connectivity index (χ4v) is 3.72. The molecule has 146 valence electrons. The highest BCUT2D eigenvalue weighted by atomic mass is 32.2. The van der Waals surface area contributed by atoms with E-state index in [0.29, 0.717) is 17.9 Å². The molecule has 27 heavy (non-hydrogen) atoms. The predicted octanol–water partition coefficient (Wildman–Crippen LogP) is 0.891. The van der Waals surface area contributed by atoms with Gasteiger partial charge in [0.2, 0.25) is 10.0 Å². The van der Waals surface area contributed by atoms with Crippen molar-refractivity contribution in [1.82, 2.24) is 9.88 Å². The summed E-state index contributed by atoms with van der Waals surface area (Å²) in [5.74, 6) is 0.812. The smallest absolute Gasteiger partial charge is 0.229 e. The van der Waals surface area contributed by atoms with E-state index >= 15 is 0 Å². The van der Waals surface area contributed by atoms with Gasteiger partial charge in [0.1, 0.15) is 0 Å². The van der Waals surface area contributed by atoms with Crippen LogP contribution in [0.1, 0.15) is 11.7 Å². The van der Waals surface area contributed by atoms with Gasteiger partial charge < -0.3 is 15.7 Å². The average molecular weight is 391 g/mol. The van der Waals surface area contributed by atoms with E-state index in [2.05, 4.69) is 19.5 Å². The summed E-state index contributed by atoms with van der Waals surface area (Å²) in [5, 5.41) is 10.5. The molecule has 0 aliphatic carbocycles. The van der Waals surface area contributed by atoms with Crippen LogP contribution >= 0.6 is 0 Å². The number of β-amino-alcohol motifs (C(OH)–C–C–N with tert-alkyl or cyclic N) is 1. The molecule has 2 heterocycles. The fraction of sp³-hybridized carbons (Fsp3) is 0.389. The highest BCUT2D eigenvalue weighted by molar-refractivity contribution is 7.92. The van der Waals surface area contributed by atoms with E-state index in [1.54, 1.807) is 30.5 Å². The Balaban J connectivity index is 1.53. The summed E-state index contributed by atoms with van der Waals surface area (Å²) in [6.07, 6.45) is 2.21. The van der Waals surface area contributed by atoms with Crippen LogP contribution in [0.4, 0.5) is 17.2 Å². The Kier molecular flexibility index (Phi) is 5.83. The zero-order valence-electron chi connectivity index (χ0n) is 15.2. The molecule has 4 N–H and O–H groups in total. The van der Waals surface area contributed by atoms with Crippen LogP contribution < -0.4 is 15.4 Å². The van der Waals surface area contributed by atoms with Gasteiger partial charge in [0.25, 0.3) is 0 Å². The highest BCUT2D eigenvalue weighted by Crippen LogP contribution is 2.22. The summed E-state index contributed by atoms with van der Waals surface area (Å²) in [4.78, 5) is 8.71. The minimum atomic E-state index is -3.30. The molecule has 3 rings (SSSR count). The first kappa shape index (κ1) is 19.4. The molecule has 0 spiro atoms. The van der Waals surface area contributed by atoms with Crippen LogP contribution in [0.5, 0.6) is 0 Å². The van der Waals surface area contributed by atoms with Crippen LogP contribution in [0.15, 0.2) is 42.6 Å². The first-order valence-corrected chi connectivity index (χ1v) is 10.6. The number of nitrogens with two attached hydrogens (primary N) is 1. The molecular weight excluding hydrogens is 366 g/mol. The van der Waals surface area contributed by atoms with Crippen molar-refractivity contribution < 1.29 is 13.5 Å². The van der Waals surface area contributed by atoms with Gasteiger partial charge in [-0.15, -0.1) is 0 Å². The summed E-state index contributed by atoms with van der Waals surface area (Å²) in [6, 6.07) is 10.5. The lowest BCUT2D eigenvalue weighted by molar-refractivity contribution is 0.109. The Morgan fingerprint density at radius 3 is 2.44 bits per heavy atom. The maximum Gasteiger partial charge on any atom is 0.229 e. The molecule has 0 saturated carbocycles. The van der Waals surface area contributed by atoms with Crippen molar-refractivity contribution in [2.75, 3.05) is 54.3 Å². The van der Waals surface area contributed by atoms with Crippen molar-refractivity contribution in [3.8, 4) is 0 Å². The second kappa shape index (κ2) is 8.12. The first-order valence-electron chi connectivity index (χ1n) is 8.75. The van der Waals surface area contributed by atoms with Crippen LogP contribution in [0, 0.1) is 0 Å². The SMILES string of the molecule is CS(=O)(=O)Nc1ccc(C(O)CN2CCN(c3ncccc3N)CC2)cc1. The largest absolute Gasteiger partial charge is 0.396 e. The average Bonchev–Trinajstić information content (AvgIpc) is 2.62. The number of hydrogen-bond donors (Lipinski definition) is 3. The van der Waals surface area contributed by atoms with Gasteiger partial charge in [-0.1, -0.05) is 12.1 Å². The Labute approximate surface area is 159 Å². The monoisotopic (exact) mass is 391 g/mol. The standard InChI is InChI=1S/C18H25N5O3S/c1-27(25,26)21-15-6-4-14(5-7-15)17(24)13-22-9-11-23(12-10-22)18-16(19)3-2-8-20-18/h2-8,17,21,24H,9-13,19H2,1H3. The number of aliphatic hydroxyl groups excluding tert-OH is 1. The Morgan fingerprint density at radius 1 is 1.19 bits per heavy atom. The summed E-state index contributed by atoms with van der Waals surface area (Å²) in [5.41, 5.74) is 7.90. The lowest BCUT2D eigenvalue weighted by Crippen LogP contribution is -2.48. The van der Waals surface area contributed by atoms with Crippen molar-refractivity contribution in [3.63, 3.8) is 0 Å². The second-order valence-electron chi connectivity index (χ2n) is 6.72. The molecule has 8 nitrogen and oxygen atoms in total. The zero-order chi connectivity index (χ0) is 19.4. The minimum Gasteiger partial charge on any atom is -0.396 e. The lowest BCUT2D eigenvalue weighted by Gasteiger charge is -2.36. The molecule has 0 radical (unpaired) electrons. The molecule has 1 atom stereocenters. The fourth-order valence-electron chi connectivity index (χ4n) is 3.15. The topological polar surface area (TPSA) is 112 Å². The van der Waals surface area contributed by atoms with Crippen molar-refractivity contribution in [1.29, 1.82) is 0 Å². The van der Waals surface area contributed by atoms with E-state index in [0.717, 1.165) is 43.8 Å². The number of pyridine rings is 1. The number of nitrogen functional groups attached to an aromatic ring is 1. The number of piperazine rings is 1. The summed E-state index contributed by atoms with van der Waals surface area (Å²) in [7, 11) is -3.30. The summed E-state index contributed by atoms with van der Waals surface area (Å²) < 4.78 is 24.9. The number of aliphatic hydroxyl groups is 1. The number of sulfonamides is 1. The van der Waals surface area contributed by atoms with E-state index in [1.165, 1.54) is 0 Å². The summed E-state index contributed by atoms with van der Waals surface area (Å²) in [6.45, 7) is 3.72. The van der Waals surface area contributed by atoms with E-state index in [4.69, 9.17) is 5.73 Å². The molecule has 1 saturated heterocycles. The van der Waals surface area contributed by atoms with Crippen LogP contribution in [-0.2, 0) is 10.0 Å². The molecule has 0 amide bonds. The molecule has 1 aliphatic heterocycles. The van der Waals surface area contributed by atoms with Crippen molar-refractivity contribution in [3.05, 3.63) is 48.2 Å². The van der Waals surface area contributed by atoms with Crippen LogP contribution in [0.25, 0.3) is 0 Å². The van der Waals surface area contributed by atoms with Crippen molar-refractivity contribution in [2.45, 2.75) is 6.10 Å². The number of anilines is 3. The lowest BCUT2D eigenvalue weighted by atomic mass is 10.1. The van der Waals surface area contributed by atoms with E-state index in [-0.39, 0.29) is 0 Å². The van der Waals surface area contributed by atoms with Gasteiger partial charge in [-0.3, -0.25) is 9.62 Å². The molecule has 1 aromatic heterocycles. The van der Waals surface area contributed by atoms with Gasteiger partial charge >= 0.3 is 0 Å². The van der Waals surface area contributed by atoms with Crippen LogP contribution in [0.3, 0.4) is 0 Å². The molecule has 9 heteroatoms. The quantitative estimate of drug-likeness (QED) is 0.670. The van der Waals surface area contributed by atoms with Gasteiger partial charge in [-0.05, 0) is 29.8 Å². The predicted molar refractivity (Wildman–Crippen MR) is 107 cm³/mol. The van der Waals surface area contributed by atoms with Crippen LogP contribution in [-0.4, -0.2) is 62.4 Å². The van der Waals surface area contributed by atoms with Gasteiger partial charge in [0, 0.05) is 44.6 Å². The van der Waals surface area contributed by atoms with Gasteiger partial charge in [0.05, 0.1) is 18.0 Å². The third kappa shape index (κ3) is 5.31. The maximum absolute atomic E-state index is 11.2. The second-order valence-corrected chi connectivity index (χ2v) is 8.46. The Morgan fingerprint density at radius 2 is 1.85 bits per heavy atom. The Hall–Kier alpha value is -2.36. The Bertz CT molecular complexity index is 865. The summed E-state index contributed by atoms with van der Waals surface area (Å²) >= 11 is 0. The van der Waals surface area contributed by atoms with Crippen LogP contribution in [0.2, 0.25) is 0 Å². The zero-order valence-corrected chi connectivity index (χ0v) is 16.1. The number of nitrogens with zero attached hydrogens (tertiary/aromatic N) is 3. The number of rotatable bonds is 6. The minimum absolute atomic E-state index is 0.481. The maximum atomic E-state index is 11.2. The van der Waals surface area contributed by atoms with Crippen molar-refractivity contribution >= 4 is 27.2 Å². The molecule has 1 aliphatic rings. The third-order valence-corrected chi connectivity index (χ3v) is 5.13. The van der Waals surface area contributed by atoms with E-state index in [1.807, 2.05) is 12.1 Å². The van der Waals surface area contributed by atoms with Gasteiger partial charge in [-0.25, -0.2) is 13.4 Å². The number of aromatic nitrogens is 1. The number of nitrogens with one attached hydrogen (secondary N) is 1. The molecule has 1 fully saturated rings. The van der Waals surface area contributed by atoms with E-state index in [9.17, 15) is 13.5 Å². The van der Waals surface area contributed by atoms with Crippen molar-refractivity contribution in [2.24, 2.45) is 0 Å². The normalized spacial score (nSPS) is 16.9. The molecule has 1 aromatic carbocycles. The van der Waals surface area contributed by atoms with Gasteiger partial charge in [-0.2, -0.15) is 0 Å². The highest BCUT2D eigenvalue weighted by Gasteiger charge is 2.21. The molecule has 1 unspecified atom stereocenters. The number of benzene rings is 1. The molecule has 0 bridgehead atoms. The first-order chi connectivity index (χ1) is 12.8. The van der Waals surface area contributed by atoms with E-state index < -0.39 is 16.1 Å². The molecule has 2 aromatic rings.